The maximum Gasteiger partial charge on any atom is 0.119 e. The minimum Gasteiger partial charge on any atom is -0.508 e. The Balaban J connectivity index is 0.000000302. The van der Waals surface area contributed by atoms with E-state index in [1.54, 1.807) is 48.5 Å². The van der Waals surface area contributed by atoms with Crippen LogP contribution >= 0.6 is 0 Å². The van der Waals surface area contributed by atoms with Crippen molar-refractivity contribution in [2.75, 3.05) is 0 Å². The SMILES string of the molecule is CC(C)(C)c1ccc(O)c(C(C)(C)C)c1.CC(C)(C)c1ccc(O)cc1.CC(C)(C)c1ccccc1O.Oc1ccccc1. The molecule has 4 rings (SSSR count). The van der Waals surface area contributed by atoms with Crippen molar-refractivity contribution in [2.45, 2.75) is 105 Å². The van der Waals surface area contributed by atoms with Crippen LogP contribution in [0.1, 0.15) is 105 Å². The van der Waals surface area contributed by atoms with E-state index in [1.807, 2.05) is 42.5 Å². The number of hydrogen-bond donors (Lipinski definition) is 4. The normalized spacial score (nSPS) is 11.5. The van der Waals surface area contributed by atoms with E-state index in [0.717, 1.165) is 11.1 Å². The van der Waals surface area contributed by atoms with Gasteiger partial charge in [0.05, 0.1) is 0 Å². The summed E-state index contributed by atoms with van der Waals surface area (Å²) in [5, 5.41) is 36.9. The zero-order chi connectivity index (χ0) is 33.9. The van der Waals surface area contributed by atoms with Gasteiger partial charge in [0.2, 0.25) is 0 Å². The number of para-hydroxylation sites is 2. The maximum absolute atomic E-state index is 9.84. The highest BCUT2D eigenvalue weighted by molar-refractivity contribution is 5.42. The second kappa shape index (κ2) is 15.7. The monoisotopic (exact) mass is 600 g/mol. The molecule has 0 unspecified atom stereocenters. The molecular formula is C40H56O4. The summed E-state index contributed by atoms with van der Waals surface area (Å²) in [5.41, 5.74) is 4.87. The second-order valence-electron chi connectivity index (χ2n) is 15.1. The Hall–Kier alpha value is -3.92. The third-order valence-corrected chi connectivity index (χ3v) is 6.87. The molecule has 0 aliphatic heterocycles. The Labute approximate surface area is 267 Å². The summed E-state index contributed by atoms with van der Waals surface area (Å²) in [6.07, 6.45) is 0. The first kappa shape index (κ1) is 38.1. The summed E-state index contributed by atoms with van der Waals surface area (Å²) in [6.45, 7) is 25.6. The molecule has 0 saturated carbocycles. The Morgan fingerprint density at radius 3 is 1.09 bits per heavy atom. The van der Waals surface area contributed by atoms with Gasteiger partial charge in [0.1, 0.15) is 23.0 Å². The van der Waals surface area contributed by atoms with Crippen molar-refractivity contribution in [3.63, 3.8) is 0 Å². The van der Waals surface area contributed by atoms with Gasteiger partial charge >= 0.3 is 0 Å². The van der Waals surface area contributed by atoms with Crippen LogP contribution in [0.5, 0.6) is 23.0 Å². The molecule has 44 heavy (non-hydrogen) atoms. The molecule has 4 aromatic rings. The van der Waals surface area contributed by atoms with E-state index in [4.69, 9.17) is 10.2 Å². The van der Waals surface area contributed by atoms with E-state index in [0.29, 0.717) is 23.0 Å². The standard InChI is InChI=1S/C14H22O.2C10H14O.C6H6O/c1-13(2,3)10-7-8-12(15)11(9-10)14(4,5)6;1-10(2,3)8-4-6-9(11)7-5-8;1-10(2,3)8-6-4-5-7-9(8)11;7-6-4-2-1-3-5-6/h7-9,15H,1-6H3;2*4-7,11H,1-3H3;1-5,7H. The highest BCUT2D eigenvalue weighted by atomic mass is 16.3. The average molecular weight is 601 g/mol. The first-order chi connectivity index (χ1) is 20.0. The number of benzene rings is 4. The van der Waals surface area contributed by atoms with Crippen LogP contribution in [0.15, 0.2) is 97.1 Å². The van der Waals surface area contributed by atoms with Gasteiger partial charge in [-0.05, 0) is 80.3 Å². The van der Waals surface area contributed by atoms with Gasteiger partial charge in [-0.25, -0.2) is 0 Å². The van der Waals surface area contributed by atoms with Crippen molar-refractivity contribution in [1.82, 2.24) is 0 Å². The van der Waals surface area contributed by atoms with Gasteiger partial charge in [0.15, 0.2) is 0 Å². The largest absolute Gasteiger partial charge is 0.508 e. The zero-order valence-corrected chi connectivity index (χ0v) is 29.0. The molecule has 4 aromatic carbocycles. The van der Waals surface area contributed by atoms with Crippen LogP contribution in [0.25, 0.3) is 0 Å². The van der Waals surface area contributed by atoms with Crippen molar-refractivity contribution < 1.29 is 20.4 Å². The fourth-order valence-electron chi connectivity index (χ4n) is 4.10. The van der Waals surface area contributed by atoms with Crippen LogP contribution in [0, 0.1) is 0 Å². The minimum atomic E-state index is -0.00859. The Morgan fingerprint density at radius 1 is 0.341 bits per heavy atom. The summed E-state index contributed by atoms with van der Waals surface area (Å²) in [4.78, 5) is 0. The predicted octanol–water partition coefficient (Wildman–Crippen LogP) is 10.8. The molecule has 0 fully saturated rings. The molecular weight excluding hydrogens is 544 g/mol. The van der Waals surface area contributed by atoms with Crippen LogP contribution in [0.4, 0.5) is 0 Å². The smallest absolute Gasteiger partial charge is 0.119 e. The van der Waals surface area contributed by atoms with Crippen molar-refractivity contribution in [1.29, 1.82) is 0 Å². The lowest BCUT2D eigenvalue weighted by Crippen LogP contribution is -2.16. The Kier molecular flexibility index (Phi) is 13.6. The van der Waals surface area contributed by atoms with Crippen LogP contribution in [0.3, 0.4) is 0 Å². The first-order valence-corrected chi connectivity index (χ1v) is 15.2. The molecule has 0 spiro atoms. The molecule has 0 bridgehead atoms. The fraction of sp³-hybridized carbons (Fsp3) is 0.400. The third kappa shape index (κ3) is 13.6. The highest BCUT2D eigenvalue weighted by Gasteiger charge is 2.22. The van der Waals surface area contributed by atoms with E-state index in [9.17, 15) is 10.2 Å². The average Bonchev–Trinajstić information content (AvgIpc) is 2.88. The molecule has 0 aliphatic carbocycles. The number of phenols is 4. The van der Waals surface area contributed by atoms with Crippen molar-refractivity contribution in [2.24, 2.45) is 0 Å². The first-order valence-electron chi connectivity index (χ1n) is 15.2. The van der Waals surface area contributed by atoms with E-state index in [-0.39, 0.29) is 21.7 Å². The van der Waals surface area contributed by atoms with Gasteiger partial charge < -0.3 is 20.4 Å². The van der Waals surface area contributed by atoms with Gasteiger partial charge in [0.25, 0.3) is 0 Å². The number of aromatic hydroxyl groups is 4. The highest BCUT2D eigenvalue weighted by Crippen LogP contribution is 2.34. The molecule has 4 heteroatoms. The lowest BCUT2D eigenvalue weighted by Gasteiger charge is -2.25. The lowest BCUT2D eigenvalue weighted by molar-refractivity contribution is 0.444. The molecule has 0 saturated heterocycles. The number of rotatable bonds is 0. The molecule has 4 N–H and O–H groups in total. The molecule has 240 valence electrons. The van der Waals surface area contributed by atoms with Crippen LogP contribution in [-0.2, 0) is 21.7 Å². The van der Waals surface area contributed by atoms with E-state index in [1.165, 1.54) is 11.1 Å². The summed E-state index contributed by atoms with van der Waals surface area (Å²) >= 11 is 0. The second-order valence-corrected chi connectivity index (χ2v) is 15.1. The molecule has 0 amide bonds. The molecule has 4 nitrogen and oxygen atoms in total. The topological polar surface area (TPSA) is 80.9 Å². The molecule has 0 aromatic heterocycles. The van der Waals surface area contributed by atoms with Crippen LogP contribution in [0.2, 0.25) is 0 Å². The van der Waals surface area contributed by atoms with Crippen LogP contribution < -0.4 is 0 Å². The predicted molar refractivity (Wildman–Crippen MR) is 187 cm³/mol. The number of phenolic OH excluding ortho intramolecular Hbond substituents is 4. The molecule has 0 radical (unpaired) electrons. The molecule has 0 aliphatic rings. The summed E-state index contributed by atoms with van der Waals surface area (Å²) in [6, 6.07) is 29.5. The van der Waals surface area contributed by atoms with E-state index in [2.05, 4.69) is 89.2 Å². The van der Waals surface area contributed by atoms with Gasteiger partial charge in [0, 0.05) is 0 Å². The third-order valence-electron chi connectivity index (χ3n) is 6.87. The van der Waals surface area contributed by atoms with Gasteiger partial charge in [-0.3, -0.25) is 0 Å². The lowest BCUT2D eigenvalue weighted by atomic mass is 9.80. The van der Waals surface area contributed by atoms with Crippen molar-refractivity contribution in [3.8, 4) is 23.0 Å². The van der Waals surface area contributed by atoms with Crippen molar-refractivity contribution >= 4 is 0 Å². The van der Waals surface area contributed by atoms with Crippen LogP contribution in [-0.4, -0.2) is 20.4 Å². The quantitative estimate of drug-likeness (QED) is 0.162. The minimum absolute atomic E-state index is 0.00859. The summed E-state index contributed by atoms with van der Waals surface area (Å²) in [5.74, 6) is 1.44. The maximum atomic E-state index is 9.84. The zero-order valence-electron chi connectivity index (χ0n) is 29.0. The molecule has 0 heterocycles. The van der Waals surface area contributed by atoms with Crippen molar-refractivity contribution in [3.05, 3.63) is 119 Å². The summed E-state index contributed by atoms with van der Waals surface area (Å²) < 4.78 is 0. The summed E-state index contributed by atoms with van der Waals surface area (Å²) in [7, 11) is 0. The van der Waals surface area contributed by atoms with E-state index < -0.39 is 0 Å². The van der Waals surface area contributed by atoms with E-state index >= 15 is 0 Å². The Morgan fingerprint density at radius 2 is 0.727 bits per heavy atom. The van der Waals surface area contributed by atoms with Gasteiger partial charge in [-0.15, -0.1) is 0 Å². The van der Waals surface area contributed by atoms with Gasteiger partial charge in [-0.2, -0.15) is 0 Å². The molecule has 0 atom stereocenters. The Bertz CT molecular complexity index is 1390. The number of hydrogen-bond acceptors (Lipinski definition) is 4. The fourth-order valence-corrected chi connectivity index (χ4v) is 4.10. The van der Waals surface area contributed by atoms with Gasteiger partial charge in [-0.1, -0.05) is 144 Å².